The number of nitrogens with zero attached hydrogens (tertiary/aromatic N) is 2. The predicted octanol–water partition coefficient (Wildman–Crippen LogP) is 2.31. The van der Waals surface area contributed by atoms with Gasteiger partial charge in [-0.2, -0.15) is 5.10 Å². The highest BCUT2D eigenvalue weighted by Crippen LogP contribution is 2.01. The maximum Gasteiger partial charge on any atom is 0.113 e. The van der Waals surface area contributed by atoms with Crippen molar-refractivity contribution >= 4 is 12.3 Å². The summed E-state index contributed by atoms with van der Waals surface area (Å²) in [6.07, 6.45) is 8.47. The Kier molecular flexibility index (Phi) is 2.23. The fourth-order valence-electron chi connectivity index (χ4n) is 1.05. The Morgan fingerprint density at radius 2 is 2.08 bits per heavy atom. The van der Waals surface area contributed by atoms with E-state index >= 15 is 0 Å². The first kappa shape index (κ1) is 7.80. The van der Waals surface area contributed by atoms with Crippen LogP contribution in [-0.2, 0) is 0 Å². The summed E-state index contributed by atoms with van der Waals surface area (Å²) in [5.41, 5.74) is 1.16. The van der Waals surface area contributed by atoms with E-state index in [0.29, 0.717) is 0 Å². The summed E-state index contributed by atoms with van der Waals surface area (Å²) < 4.78 is 1.72. The molecule has 0 aliphatic rings. The van der Waals surface area contributed by atoms with Gasteiger partial charge in [-0.15, -0.1) is 0 Å². The van der Waals surface area contributed by atoms with E-state index in [1.165, 1.54) is 0 Å². The van der Waals surface area contributed by atoms with Crippen LogP contribution in [0.2, 0.25) is 0 Å². The minimum absolute atomic E-state index is 1.16. The first-order valence-electron chi connectivity index (χ1n) is 4.09. The van der Waals surface area contributed by atoms with Gasteiger partial charge in [0.2, 0.25) is 0 Å². The maximum atomic E-state index is 3.94. The fourth-order valence-corrected chi connectivity index (χ4v) is 1.05. The fraction of sp³-hybridized carbons (Fsp3) is 0. The van der Waals surface area contributed by atoms with Gasteiger partial charge in [0.05, 0.1) is 0 Å². The third-order valence-electron chi connectivity index (χ3n) is 1.69. The topological polar surface area (TPSA) is 17.8 Å². The summed E-state index contributed by atoms with van der Waals surface area (Å²) in [4.78, 5) is 0. The lowest BCUT2D eigenvalue weighted by molar-refractivity contribution is 0.934. The Morgan fingerprint density at radius 3 is 2.77 bits per heavy atom. The Hall–Kier alpha value is -1.83. The van der Waals surface area contributed by atoms with E-state index in [4.69, 9.17) is 0 Å². The summed E-state index contributed by atoms with van der Waals surface area (Å²) in [6.45, 7) is 0. The molecule has 0 aliphatic heterocycles. The molecule has 0 N–H and O–H groups in total. The molecule has 0 unspecified atom stereocenters. The molecule has 1 heterocycles. The third kappa shape index (κ3) is 2.06. The lowest BCUT2D eigenvalue weighted by Gasteiger charge is -1.91. The second-order valence-corrected chi connectivity index (χ2v) is 2.65. The Balaban J connectivity index is 2.15. The van der Waals surface area contributed by atoms with Crippen LogP contribution in [0.4, 0.5) is 0 Å². The first-order chi connectivity index (χ1) is 6.45. The summed E-state index contributed by atoms with van der Waals surface area (Å²) in [7, 11) is 0. The van der Waals surface area contributed by atoms with Crippen LogP contribution < -0.4 is 0 Å². The van der Waals surface area contributed by atoms with Gasteiger partial charge in [0, 0.05) is 12.4 Å². The predicted molar refractivity (Wildman–Crippen MR) is 52.7 cm³/mol. The monoisotopic (exact) mass is 169 g/mol. The van der Waals surface area contributed by atoms with Crippen molar-refractivity contribution in [3.63, 3.8) is 0 Å². The van der Waals surface area contributed by atoms with Gasteiger partial charge >= 0.3 is 0 Å². The molecule has 0 aliphatic carbocycles. The molecular formula is C11H9N2. The van der Waals surface area contributed by atoms with Crippen LogP contribution >= 0.6 is 0 Å². The summed E-state index contributed by atoms with van der Waals surface area (Å²) in [5.74, 6) is 0. The molecule has 0 fully saturated rings. The Labute approximate surface area is 77.1 Å². The van der Waals surface area contributed by atoms with Gasteiger partial charge in [-0.1, -0.05) is 30.3 Å². The molecule has 1 radical (unpaired) electrons. The third-order valence-corrected chi connectivity index (χ3v) is 1.69. The van der Waals surface area contributed by atoms with E-state index in [-0.39, 0.29) is 0 Å². The van der Waals surface area contributed by atoms with Crippen LogP contribution in [0.15, 0.2) is 42.6 Å². The van der Waals surface area contributed by atoms with Crippen LogP contribution in [0.1, 0.15) is 5.56 Å². The van der Waals surface area contributed by atoms with Gasteiger partial charge in [-0.25, -0.2) is 4.68 Å². The quantitative estimate of drug-likeness (QED) is 0.674. The Morgan fingerprint density at radius 1 is 1.23 bits per heavy atom. The zero-order valence-corrected chi connectivity index (χ0v) is 7.09. The molecule has 0 spiro atoms. The molecule has 1 aromatic carbocycles. The van der Waals surface area contributed by atoms with Crippen LogP contribution in [-0.4, -0.2) is 9.78 Å². The van der Waals surface area contributed by atoms with Gasteiger partial charge in [-0.3, -0.25) is 0 Å². The summed E-state index contributed by atoms with van der Waals surface area (Å²) in [6, 6.07) is 11.9. The van der Waals surface area contributed by atoms with Gasteiger partial charge in [0.1, 0.15) is 6.20 Å². The molecule has 0 saturated carbocycles. The van der Waals surface area contributed by atoms with Crippen LogP contribution in [0, 0.1) is 6.20 Å². The highest BCUT2D eigenvalue weighted by molar-refractivity contribution is 5.59. The maximum absolute atomic E-state index is 3.94. The molecule has 2 heteroatoms. The largest absolute Gasteiger partial charge is 0.248 e. The SMILES string of the molecule is [c]1ccn(C=Cc2ccccc2)n1. The van der Waals surface area contributed by atoms with Crippen LogP contribution in [0.5, 0.6) is 0 Å². The van der Waals surface area contributed by atoms with E-state index in [0.717, 1.165) is 5.56 Å². The smallest absolute Gasteiger partial charge is 0.113 e. The van der Waals surface area contributed by atoms with Gasteiger partial charge in [0.15, 0.2) is 0 Å². The molecule has 2 nitrogen and oxygen atoms in total. The normalized spacial score (nSPS) is 10.8. The highest BCUT2D eigenvalue weighted by atomic mass is 15.2. The number of benzene rings is 1. The van der Waals surface area contributed by atoms with Crippen LogP contribution in [0.25, 0.3) is 12.3 Å². The minimum atomic E-state index is 1.16. The van der Waals surface area contributed by atoms with Crippen molar-refractivity contribution in [2.24, 2.45) is 0 Å². The first-order valence-corrected chi connectivity index (χ1v) is 4.09. The molecular weight excluding hydrogens is 160 g/mol. The van der Waals surface area contributed by atoms with Crippen molar-refractivity contribution in [2.75, 3.05) is 0 Å². The molecule has 13 heavy (non-hydrogen) atoms. The van der Waals surface area contributed by atoms with Crippen molar-refractivity contribution in [1.82, 2.24) is 9.78 Å². The highest BCUT2D eigenvalue weighted by Gasteiger charge is 1.83. The zero-order valence-electron chi connectivity index (χ0n) is 7.09. The molecule has 0 saturated heterocycles. The van der Waals surface area contributed by atoms with E-state index in [1.54, 1.807) is 10.7 Å². The molecule has 2 aromatic rings. The zero-order chi connectivity index (χ0) is 8.93. The molecule has 2 rings (SSSR count). The van der Waals surface area contributed by atoms with Gasteiger partial charge in [-0.05, 0) is 17.7 Å². The van der Waals surface area contributed by atoms with E-state index < -0.39 is 0 Å². The summed E-state index contributed by atoms with van der Waals surface area (Å²) in [5, 5.41) is 3.94. The van der Waals surface area contributed by atoms with E-state index in [1.807, 2.05) is 48.8 Å². The van der Waals surface area contributed by atoms with Crippen molar-refractivity contribution in [3.05, 3.63) is 54.4 Å². The molecule has 0 bridgehead atoms. The number of hydrogen-bond donors (Lipinski definition) is 0. The summed E-state index contributed by atoms with van der Waals surface area (Å²) >= 11 is 0. The number of hydrogen-bond acceptors (Lipinski definition) is 1. The number of rotatable bonds is 2. The number of aromatic nitrogens is 2. The lowest BCUT2D eigenvalue weighted by atomic mass is 10.2. The lowest BCUT2D eigenvalue weighted by Crippen LogP contribution is -1.83. The van der Waals surface area contributed by atoms with Crippen molar-refractivity contribution in [3.8, 4) is 0 Å². The van der Waals surface area contributed by atoms with Crippen molar-refractivity contribution in [1.29, 1.82) is 0 Å². The minimum Gasteiger partial charge on any atom is -0.248 e. The van der Waals surface area contributed by atoms with Gasteiger partial charge in [0.25, 0.3) is 0 Å². The molecule has 63 valence electrons. The van der Waals surface area contributed by atoms with Gasteiger partial charge < -0.3 is 0 Å². The van der Waals surface area contributed by atoms with Crippen LogP contribution in [0.3, 0.4) is 0 Å². The molecule has 0 amide bonds. The second kappa shape index (κ2) is 3.72. The Bertz CT molecular complexity index is 374. The standard InChI is InChI=1S/C11H9N2/c1-2-5-11(6-3-1)7-10-13-9-4-8-12-13/h1-7,9-10H. The van der Waals surface area contributed by atoms with E-state index in [2.05, 4.69) is 11.3 Å². The molecule has 1 aromatic heterocycles. The average Bonchev–Trinajstić information content (AvgIpc) is 2.69. The average molecular weight is 169 g/mol. The van der Waals surface area contributed by atoms with E-state index in [9.17, 15) is 0 Å². The molecule has 0 atom stereocenters. The van der Waals surface area contributed by atoms with Crippen molar-refractivity contribution < 1.29 is 0 Å². The second-order valence-electron chi connectivity index (χ2n) is 2.65. The van der Waals surface area contributed by atoms with Crippen molar-refractivity contribution in [2.45, 2.75) is 0 Å².